The number of nitrogens with zero attached hydrogens (tertiary/aromatic N) is 1. The van der Waals surface area contributed by atoms with Crippen molar-refractivity contribution in [1.29, 1.82) is 0 Å². The van der Waals surface area contributed by atoms with Gasteiger partial charge in [-0.25, -0.2) is 0 Å². The Morgan fingerprint density at radius 3 is 2.39 bits per heavy atom. The average molecular weight is 329 g/mol. The topological polar surface area (TPSA) is 32.3 Å². The summed E-state index contributed by atoms with van der Waals surface area (Å²) < 4.78 is 0. The van der Waals surface area contributed by atoms with Gasteiger partial charge in [-0.2, -0.15) is 0 Å². The molecule has 120 valence electrons. The van der Waals surface area contributed by atoms with E-state index >= 15 is 0 Å². The Balaban J connectivity index is 0.00000156. The molecule has 4 heteroatoms. The predicted octanol–water partition coefficient (Wildman–Crippen LogP) is 2.71. The van der Waals surface area contributed by atoms with Gasteiger partial charge in [-0.1, -0.05) is 48.5 Å². The van der Waals surface area contributed by atoms with Crippen molar-refractivity contribution in [3.8, 4) is 0 Å². The third kappa shape index (κ3) is 3.12. The van der Waals surface area contributed by atoms with Crippen LogP contribution in [-0.4, -0.2) is 23.4 Å². The highest BCUT2D eigenvalue weighted by molar-refractivity contribution is 5.85. The second-order valence-corrected chi connectivity index (χ2v) is 6.18. The Bertz CT molecular complexity index is 657. The molecule has 2 aliphatic rings. The van der Waals surface area contributed by atoms with Crippen LogP contribution in [0.15, 0.2) is 48.5 Å². The molecule has 0 spiro atoms. The lowest BCUT2D eigenvalue weighted by molar-refractivity contribution is -0.134. The molecule has 0 radical (unpaired) electrons. The number of benzene rings is 2. The van der Waals surface area contributed by atoms with Gasteiger partial charge in [-0.15, -0.1) is 12.4 Å². The fourth-order valence-corrected chi connectivity index (χ4v) is 3.53. The maximum Gasteiger partial charge on any atom is 0.240 e. The van der Waals surface area contributed by atoms with Crippen molar-refractivity contribution < 1.29 is 4.79 Å². The van der Waals surface area contributed by atoms with Crippen molar-refractivity contribution in [3.05, 3.63) is 70.8 Å². The highest BCUT2D eigenvalue weighted by Gasteiger charge is 2.29. The largest absolute Gasteiger partial charge is 0.337 e. The number of rotatable bonds is 1. The second kappa shape index (κ2) is 6.73. The minimum atomic E-state index is -0.0832. The van der Waals surface area contributed by atoms with E-state index in [0.29, 0.717) is 0 Å². The number of amides is 1. The lowest BCUT2D eigenvalue weighted by Crippen LogP contribution is -2.50. The molecule has 1 amide bonds. The maximum absolute atomic E-state index is 12.8. The number of hydrogen-bond donors (Lipinski definition) is 1. The van der Waals surface area contributed by atoms with Gasteiger partial charge in [0.1, 0.15) is 0 Å². The zero-order valence-corrected chi connectivity index (χ0v) is 13.8. The molecule has 23 heavy (non-hydrogen) atoms. The average Bonchev–Trinajstić information content (AvgIpc) is 2.60. The van der Waals surface area contributed by atoms with Gasteiger partial charge in [-0.05, 0) is 35.1 Å². The van der Waals surface area contributed by atoms with Crippen molar-refractivity contribution in [2.75, 3.05) is 6.54 Å². The Kier molecular flexibility index (Phi) is 4.69. The monoisotopic (exact) mass is 328 g/mol. The van der Waals surface area contributed by atoms with E-state index < -0.39 is 0 Å². The van der Waals surface area contributed by atoms with Crippen LogP contribution in [0.3, 0.4) is 0 Å². The number of halogens is 1. The lowest BCUT2D eigenvalue weighted by atomic mass is 9.94. The molecule has 2 aromatic rings. The van der Waals surface area contributed by atoms with Crippen LogP contribution in [0.25, 0.3) is 0 Å². The van der Waals surface area contributed by atoms with Gasteiger partial charge in [-0.3, -0.25) is 4.79 Å². The molecule has 2 aromatic carbocycles. The first-order valence-electron chi connectivity index (χ1n) is 7.97. The maximum atomic E-state index is 12.8. The summed E-state index contributed by atoms with van der Waals surface area (Å²) in [5.41, 5.74) is 5.29. The first-order valence-corrected chi connectivity index (χ1v) is 7.97. The summed E-state index contributed by atoms with van der Waals surface area (Å²) in [6.45, 7) is 2.36. The number of carbonyl (C=O) groups excluding carboxylic acids is 1. The van der Waals surface area contributed by atoms with Crippen LogP contribution in [-0.2, 0) is 30.7 Å². The van der Waals surface area contributed by atoms with E-state index in [1.54, 1.807) is 0 Å². The molecule has 0 aliphatic carbocycles. The summed E-state index contributed by atoms with van der Waals surface area (Å²) in [5, 5.41) is 3.41. The van der Waals surface area contributed by atoms with Crippen LogP contribution in [0.1, 0.15) is 22.3 Å². The number of hydrogen-bond acceptors (Lipinski definition) is 2. The second-order valence-electron chi connectivity index (χ2n) is 6.18. The van der Waals surface area contributed by atoms with E-state index in [2.05, 4.69) is 53.8 Å². The normalized spacial score (nSPS) is 19.3. The Morgan fingerprint density at radius 1 is 0.957 bits per heavy atom. The summed E-state index contributed by atoms with van der Waals surface area (Å²) in [4.78, 5) is 14.8. The highest BCUT2D eigenvalue weighted by Crippen LogP contribution is 2.22. The molecular formula is C19H21ClN2O. The number of nitrogens with one attached hydrogen (secondary N) is 1. The van der Waals surface area contributed by atoms with E-state index in [9.17, 15) is 4.79 Å². The van der Waals surface area contributed by atoms with Gasteiger partial charge < -0.3 is 10.2 Å². The smallest absolute Gasteiger partial charge is 0.240 e. The fraction of sp³-hybridized carbons (Fsp3) is 0.316. The zero-order valence-electron chi connectivity index (χ0n) is 13.0. The summed E-state index contributed by atoms with van der Waals surface area (Å²) in [6.07, 6.45) is 1.76. The van der Waals surface area contributed by atoms with Gasteiger partial charge in [0.05, 0.1) is 6.04 Å². The van der Waals surface area contributed by atoms with E-state index in [1.807, 2.05) is 4.90 Å². The molecule has 1 N–H and O–H groups in total. The Morgan fingerprint density at radius 2 is 1.61 bits per heavy atom. The molecule has 2 heterocycles. The summed E-state index contributed by atoms with van der Waals surface area (Å²) in [5.74, 6) is 0.240. The van der Waals surface area contributed by atoms with Gasteiger partial charge in [0.2, 0.25) is 5.91 Å². The minimum Gasteiger partial charge on any atom is -0.337 e. The van der Waals surface area contributed by atoms with Crippen molar-refractivity contribution in [3.63, 3.8) is 0 Å². The van der Waals surface area contributed by atoms with Crippen LogP contribution in [0.5, 0.6) is 0 Å². The molecule has 2 aliphatic heterocycles. The van der Waals surface area contributed by atoms with E-state index in [-0.39, 0.29) is 24.4 Å². The van der Waals surface area contributed by atoms with E-state index in [0.717, 1.165) is 32.5 Å². The molecule has 4 rings (SSSR count). The zero-order chi connectivity index (χ0) is 14.9. The molecule has 0 aromatic heterocycles. The van der Waals surface area contributed by atoms with Crippen LogP contribution in [0.4, 0.5) is 0 Å². The van der Waals surface area contributed by atoms with Crippen LogP contribution >= 0.6 is 12.4 Å². The first kappa shape index (κ1) is 16.0. The third-order valence-corrected chi connectivity index (χ3v) is 4.82. The standard InChI is InChI=1S/C19H20N2O.ClH/c22-19(18-11-15-6-2-3-7-16(15)12-20-18)21-10-9-14-5-1-4-8-17(14)13-21;/h1-8,18,20H,9-13H2;1H. The van der Waals surface area contributed by atoms with E-state index in [1.165, 1.54) is 22.3 Å². The molecular weight excluding hydrogens is 308 g/mol. The predicted molar refractivity (Wildman–Crippen MR) is 93.6 cm³/mol. The minimum absolute atomic E-state index is 0. The number of carbonyl (C=O) groups is 1. The Labute approximate surface area is 143 Å². The summed E-state index contributed by atoms with van der Waals surface area (Å²) in [7, 11) is 0. The van der Waals surface area contributed by atoms with Crippen molar-refractivity contribution in [1.82, 2.24) is 10.2 Å². The number of fused-ring (bicyclic) bond motifs is 2. The van der Waals surface area contributed by atoms with Crippen LogP contribution in [0, 0.1) is 0 Å². The third-order valence-electron chi connectivity index (χ3n) is 4.82. The summed E-state index contributed by atoms with van der Waals surface area (Å²) >= 11 is 0. The van der Waals surface area contributed by atoms with Crippen molar-refractivity contribution in [2.24, 2.45) is 0 Å². The molecule has 3 nitrogen and oxygen atoms in total. The molecule has 1 atom stereocenters. The fourth-order valence-electron chi connectivity index (χ4n) is 3.53. The highest BCUT2D eigenvalue weighted by atomic mass is 35.5. The quantitative estimate of drug-likeness (QED) is 0.873. The molecule has 0 fully saturated rings. The molecule has 0 saturated carbocycles. The molecule has 1 unspecified atom stereocenters. The van der Waals surface area contributed by atoms with Gasteiger partial charge in [0.25, 0.3) is 0 Å². The molecule has 0 bridgehead atoms. The van der Waals surface area contributed by atoms with Crippen LogP contribution < -0.4 is 5.32 Å². The lowest BCUT2D eigenvalue weighted by Gasteiger charge is -2.34. The SMILES string of the molecule is Cl.O=C(C1Cc2ccccc2CN1)N1CCc2ccccc2C1. The van der Waals surface area contributed by atoms with Crippen molar-refractivity contribution in [2.45, 2.75) is 32.0 Å². The van der Waals surface area contributed by atoms with Crippen LogP contribution in [0.2, 0.25) is 0 Å². The van der Waals surface area contributed by atoms with Crippen molar-refractivity contribution >= 4 is 18.3 Å². The molecule has 0 saturated heterocycles. The Hall–Kier alpha value is -1.84. The first-order chi connectivity index (χ1) is 10.8. The van der Waals surface area contributed by atoms with Gasteiger partial charge in [0, 0.05) is 19.6 Å². The summed E-state index contributed by atoms with van der Waals surface area (Å²) in [6, 6.07) is 16.8. The van der Waals surface area contributed by atoms with Gasteiger partial charge in [0.15, 0.2) is 0 Å². The van der Waals surface area contributed by atoms with E-state index in [4.69, 9.17) is 0 Å². The van der Waals surface area contributed by atoms with Gasteiger partial charge >= 0.3 is 0 Å².